The summed E-state index contributed by atoms with van der Waals surface area (Å²) in [5.41, 5.74) is 5.40. The average Bonchev–Trinajstić information content (AvgIpc) is 2.88. The number of nitrogens with one attached hydrogen (secondary N) is 2. The second-order valence-electron chi connectivity index (χ2n) is 6.32. The summed E-state index contributed by atoms with van der Waals surface area (Å²) in [7, 11) is 0. The zero-order chi connectivity index (χ0) is 19.6. The third kappa shape index (κ3) is 4.46. The molecule has 3 rings (SSSR count). The van der Waals surface area contributed by atoms with E-state index in [1.165, 1.54) is 12.1 Å². The number of rotatable bonds is 4. The van der Waals surface area contributed by atoms with E-state index in [4.69, 9.17) is 23.8 Å². The Hall–Kier alpha value is -2.44. The molecular weight excluding hydrogens is 383 g/mol. The lowest BCUT2D eigenvalue weighted by molar-refractivity contribution is 0.622. The quantitative estimate of drug-likeness (QED) is 0.569. The van der Waals surface area contributed by atoms with Crippen molar-refractivity contribution < 1.29 is 4.39 Å². The van der Waals surface area contributed by atoms with Crippen LogP contribution in [-0.2, 0) is 6.54 Å². The van der Waals surface area contributed by atoms with Crippen LogP contribution in [-0.4, -0.2) is 14.9 Å². The van der Waals surface area contributed by atoms with Gasteiger partial charge in [-0.1, -0.05) is 29.8 Å². The van der Waals surface area contributed by atoms with Crippen LogP contribution in [0.3, 0.4) is 0 Å². The number of nitrogens with zero attached hydrogens (tertiary/aromatic N) is 2. The van der Waals surface area contributed by atoms with Crippen molar-refractivity contribution in [2.75, 3.05) is 10.6 Å². The van der Waals surface area contributed by atoms with Crippen LogP contribution in [0, 0.1) is 26.6 Å². The minimum Gasteiger partial charge on any atom is -0.332 e. The Kier molecular flexibility index (Phi) is 5.77. The molecular formula is C20H20ClFN4S. The number of halogens is 2. The highest BCUT2D eigenvalue weighted by Crippen LogP contribution is 2.24. The van der Waals surface area contributed by atoms with E-state index in [1.54, 1.807) is 12.1 Å². The SMILES string of the molecule is Cc1nn(Cc2ccc(F)cc2)c(C)c1NC(=S)Nc1cccc(Cl)c1C. The number of aryl methyl sites for hydroxylation is 1. The number of benzene rings is 2. The summed E-state index contributed by atoms with van der Waals surface area (Å²) in [6.45, 7) is 6.38. The van der Waals surface area contributed by atoms with Crippen LogP contribution >= 0.6 is 23.8 Å². The summed E-state index contributed by atoms with van der Waals surface area (Å²) < 4.78 is 15.0. The van der Waals surface area contributed by atoms with E-state index >= 15 is 0 Å². The van der Waals surface area contributed by atoms with Gasteiger partial charge < -0.3 is 10.6 Å². The molecule has 0 saturated heterocycles. The fourth-order valence-electron chi connectivity index (χ4n) is 2.80. The van der Waals surface area contributed by atoms with E-state index in [2.05, 4.69) is 15.7 Å². The Morgan fingerprint density at radius 3 is 2.52 bits per heavy atom. The van der Waals surface area contributed by atoms with Gasteiger partial charge in [0, 0.05) is 10.7 Å². The second kappa shape index (κ2) is 8.06. The number of anilines is 2. The van der Waals surface area contributed by atoms with Crippen molar-refractivity contribution in [3.05, 3.63) is 75.8 Å². The van der Waals surface area contributed by atoms with Crippen LogP contribution in [0.5, 0.6) is 0 Å². The summed E-state index contributed by atoms with van der Waals surface area (Å²) in [6, 6.07) is 12.1. The first-order valence-electron chi connectivity index (χ1n) is 8.46. The average molecular weight is 403 g/mol. The zero-order valence-corrected chi connectivity index (χ0v) is 16.9. The van der Waals surface area contributed by atoms with Crippen molar-refractivity contribution in [2.24, 2.45) is 0 Å². The third-order valence-corrected chi connectivity index (χ3v) is 5.00. The molecule has 0 spiro atoms. The lowest BCUT2D eigenvalue weighted by atomic mass is 10.2. The van der Waals surface area contributed by atoms with Gasteiger partial charge in [-0.25, -0.2) is 4.39 Å². The van der Waals surface area contributed by atoms with Crippen molar-refractivity contribution in [2.45, 2.75) is 27.3 Å². The molecule has 27 heavy (non-hydrogen) atoms. The van der Waals surface area contributed by atoms with Gasteiger partial charge in [-0.05, 0) is 68.4 Å². The van der Waals surface area contributed by atoms with E-state index in [1.807, 2.05) is 43.7 Å². The maximum Gasteiger partial charge on any atom is 0.175 e. The lowest BCUT2D eigenvalue weighted by Gasteiger charge is -2.13. The van der Waals surface area contributed by atoms with E-state index < -0.39 is 0 Å². The summed E-state index contributed by atoms with van der Waals surface area (Å²) in [5.74, 6) is -0.248. The Balaban J connectivity index is 1.75. The molecule has 0 saturated carbocycles. The molecule has 1 aromatic heterocycles. The number of hydrogen-bond acceptors (Lipinski definition) is 2. The van der Waals surface area contributed by atoms with Crippen LogP contribution in [0.2, 0.25) is 5.02 Å². The van der Waals surface area contributed by atoms with Gasteiger partial charge in [0.1, 0.15) is 5.82 Å². The highest BCUT2D eigenvalue weighted by Gasteiger charge is 2.14. The summed E-state index contributed by atoms with van der Waals surface area (Å²) in [4.78, 5) is 0. The topological polar surface area (TPSA) is 41.9 Å². The van der Waals surface area contributed by atoms with Crippen LogP contribution in [0.15, 0.2) is 42.5 Å². The van der Waals surface area contributed by atoms with E-state index in [0.29, 0.717) is 16.7 Å². The number of thiocarbonyl (C=S) groups is 1. The fraction of sp³-hybridized carbons (Fsp3) is 0.200. The smallest absolute Gasteiger partial charge is 0.175 e. The molecule has 0 radical (unpaired) electrons. The number of aromatic nitrogens is 2. The van der Waals surface area contributed by atoms with Crippen molar-refractivity contribution in [1.82, 2.24) is 9.78 Å². The summed E-state index contributed by atoms with van der Waals surface area (Å²) in [6.07, 6.45) is 0. The van der Waals surface area contributed by atoms with Gasteiger partial charge in [0.15, 0.2) is 5.11 Å². The minimum atomic E-state index is -0.248. The van der Waals surface area contributed by atoms with Crippen molar-refractivity contribution in [1.29, 1.82) is 0 Å². The van der Waals surface area contributed by atoms with Gasteiger partial charge in [-0.15, -0.1) is 0 Å². The molecule has 1 heterocycles. The summed E-state index contributed by atoms with van der Waals surface area (Å²) >= 11 is 11.6. The van der Waals surface area contributed by atoms with Gasteiger partial charge in [0.05, 0.1) is 23.6 Å². The standard InChI is InChI=1S/C20H20ClFN4S/c1-12-17(21)5-4-6-18(12)23-20(27)24-19-13(2)25-26(14(19)3)11-15-7-9-16(22)10-8-15/h4-10H,11H2,1-3H3,(H2,23,24,27). The Morgan fingerprint density at radius 2 is 1.81 bits per heavy atom. The van der Waals surface area contributed by atoms with Crippen LogP contribution in [0.4, 0.5) is 15.8 Å². The van der Waals surface area contributed by atoms with Gasteiger partial charge in [-0.3, -0.25) is 4.68 Å². The minimum absolute atomic E-state index is 0.248. The molecule has 2 aromatic carbocycles. The van der Waals surface area contributed by atoms with E-state index in [0.717, 1.165) is 33.9 Å². The van der Waals surface area contributed by atoms with Gasteiger partial charge in [0.25, 0.3) is 0 Å². The molecule has 140 valence electrons. The highest BCUT2D eigenvalue weighted by molar-refractivity contribution is 7.80. The first-order chi connectivity index (χ1) is 12.8. The molecule has 0 aliphatic carbocycles. The molecule has 0 atom stereocenters. The molecule has 0 unspecified atom stereocenters. The molecule has 0 aliphatic rings. The molecule has 0 amide bonds. The number of hydrogen-bond donors (Lipinski definition) is 2. The van der Waals surface area contributed by atoms with Gasteiger partial charge >= 0.3 is 0 Å². The molecule has 2 N–H and O–H groups in total. The zero-order valence-electron chi connectivity index (χ0n) is 15.3. The van der Waals surface area contributed by atoms with Crippen molar-refractivity contribution >= 4 is 40.3 Å². The monoisotopic (exact) mass is 402 g/mol. The molecule has 0 fully saturated rings. The van der Waals surface area contributed by atoms with Crippen molar-refractivity contribution in [3.8, 4) is 0 Å². The van der Waals surface area contributed by atoms with Crippen molar-refractivity contribution in [3.63, 3.8) is 0 Å². The van der Waals surface area contributed by atoms with Crippen LogP contribution in [0.25, 0.3) is 0 Å². The lowest BCUT2D eigenvalue weighted by Crippen LogP contribution is -2.20. The molecule has 7 heteroatoms. The highest BCUT2D eigenvalue weighted by atomic mass is 35.5. The third-order valence-electron chi connectivity index (χ3n) is 4.38. The normalized spacial score (nSPS) is 10.7. The molecule has 0 aliphatic heterocycles. The molecule has 4 nitrogen and oxygen atoms in total. The predicted molar refractivity (Wildman–Crippen MR) is 113 cm³/mol. The second-order valence-corrected chi connectivity index (χ2v) is 7.14. The first-order valence-corrected chi connectivity index (χ1v) is 9.25. The van der Waals surface area contributed by atoms with Crippen LogP contribution < -0.4 is 10.6 Å². The van der Waals surface area contributed by atoms with E-state index in [9.17, 15) is 4.39 Å². The first kappa shape index (κ1) is 19.3. The summed E-state index contributed by atoms with van der Waals surface area (Å²) in [5, 5.41) is 12.1. The Morgan fingerprint density at radius 1 is 1.11 bits per heavy atom. The largest absolute Gasteiger partial charge is 0.332 e. The Labute approximate surface area is 168 Å². The molecule has 0 bridgehead atoms. The van der Waals surface area contributed by atoms with Crippen LogP contribution in [0.1, 0.15) is 22.5 Å². The maximum absolute atomic E-state index is 13.1. The molecule has 3 aromatic rings. The fourth-order valence-corrected chi connectivity index (χ4v) is 3.19. The maximum atomic E-state index is 13.1. The van der Waals surface area contributed by atoms with Gasteiger partial charge in [-0.2, -0.15) is 5.10 Å². The Bertz CT molecular complexity index is 982. The predicted octanol–water partition coefficient (Wildman–Crippen LogP) is 5.46. The van der Waals surface area contributed by atoms with Gasteiger partial charge in [0.2, 0.25) is 0 Å². The van der Waals surface area contributed by atoms with E-state index in [-0.39, 0.29) is 5.82 Å².